The van der Waals surface area contributed by atoms with Gasteiger partial charge in [0.15, 0.2) is 6.29 Å². The number of aliphatic hydroxyl groups excluding tert-OH is 1. The van der Waals surface area contributed by atoms with Crippen molar-refractivity contribution in [2.24, 2.45) is 5.92 Å². The molecule has 4 unspecified atom stereocenters. The Morgan fingerprint density at radius 2 is 1.56 bits per heavy atom. The number of carbonyl (C=O) groups excluding carboxylic acids is 1. The Balaban J connectivity index is 1.14. The van der Waals surface area contributed by atoms with Crippen molar-refractivity contribution in [3.63, 3.8) is 0 Å². The number of aliphatic hydroxyl groups is 2. The molecule has 0 spiro atoms. The first-order chi connectivity index (χ1) is 25.1. The van der Waals surface area contributed by atoms with Crippen LogP contribution in [-0.4, -0.2) is 57.8 Å². The predicted molar refractivity (Wildman–Crippen MR) is 199 cm³/mol. The number of hydrogen-bond acceptors (Lipinski definition) is 7. The molecule has 274 valence electrons. The Morgan fingerprint density at radius 3 is 2.23 bits per heavy atom. The minimum atomic E-state index is -0.904. The Kier molecular flexibility index (Phi) is 12.4. The van der Waals surface area contributed by atoms with Crippen LogP contribution in [0.3, 0.4) is 0 Å². The van der Waals surface area contributed by atoms with Crippen LogP contribution < -0.4 is 5.32 Å². The molecule has 52 heavy (non-hydrogen) atoms. The van der Waals surface area contributed by atoms with Gasteiger partial charge in [0.1, 0.15) is 0 Å². The molecule has 4 aromatic rings. The number of carboxylic acid groups (broad SMARTS) is 1. The van der Waals surface area contributed by atoms with Gasteiger partial charge in [-0.2, -0.15) is 0 Å². The highest BCUT2D eigenvalue weighted by Crippen LogP contribution is 2.43. The fourth-order valence-corrected chi connectivity index (χ4v) is 7.25. The van der Waals surface area contributed by atoms with Gasteiger partial charge in [0.2, 0.25) is 5.91 Å². The maximum absolute atomic E-state index is 12.2. The minimum Gasteiger partial charge on any atom is -0.481 e. The maximum atomic E-state index is 12.2. The first-order valence-corrected chi connectivity index (χ1v) is 18.4. The molecule has 2 aliphatic heterocycles. The monoisotopic (exact) mass is 726 g/mol. The molecule has 0 bridgehead atoms. The number of carboxylic acids is 1. The Hall–Kier alpha value is -4.09. The van der Waals surface area contributed by atoms with Crippen LogP contribution in [0, 0.1) is 5.92 Å². The number of nitrogens with one attached hydrogen (secondary N) is 1. The third-order valence-electron chi connectivity index (χ3n) is 10.4. The second-order valence-corrected chi connectivity index (χ2v) is 14.4. The zero-order valence-electron chi connectivity index (χ0n) is 29.4. The number of rotatable bonds is 13. The van der Waals surface area contributed by atoms with E-state index >= 15 is 0 Å². The van der Waals surface area contributed by atoms with Gasteiger partial charge in [-0.05, 0) is 70.8 Å². The summed E-state index contributed by atoms with van der Waals surface area (Å²) < 4.78 is 13.4. The van der Waals surface area contributed by atoms with E-state index in [1.165, 1.54) is 0 Å². The van der Waals surface area contributed by atoms with Crippen molar-refractivity contribution < 1.29 is 34.4 Å². The first kappa shape index (κ1) is 37.7. The van der Waals surface area contributed by atoms with Gasteiger partial charge in [0.25, 0.3) is 0 Å². The first-order valence-electron chi connectivity index (χ1n) is 18.0. The van der Waals surface area contributed by atoms with Crippen LogP contribution in [0.25, 0.3) is 11.1 Å². The summed E-state index contributed by atoms with van der Waals surface area (Å²) in [5.41, 5.74) is 5.74. The van der Waals surface area contributed by atoms with Gasteiger partial charge in [-0.25, -0.2) is 0 Å². The average molecular weight is 727 g/mol. The number of hydrogen-bond donors (Lipinski definition) is 4. The summed E-state index contributed by atoms with van der Waals surface area (Å²) in [4.78, 5) is 25.3. The summed E-state index contributed by atoms with van der Waals surface area (Å²) in [6.45, 7) is 4.66. The average Bonchev–Trinajstić information content (AvgIpc) is 3.16. The number of likely N-dealkylation sites (tertiary alicyclic amines) is 1. The van der Waals surface area contributed by atoms with Crippen LogP contribution in [0.1, 0.15) is 79.2 Å². The Labute approximate surface area is 310 Å². The van der Waals surface area contributed by atoms with E-state index < -0.39 is 17.9 Å². The molecule has 9 nitrogen and oxygen atoms in total. The number of carbonyl (C=O) groups is 2. The third kappa shape index (κ3) is 9.46. The summed E-state index contributed by atoms with van der Waals surface area (Å²) in [5.74, 6) is -1.04. The van der Waals surface area contributed by atoms with Gasteiger partial charge in [0, 0.05) is 55.5 Å². The molecule has 4 aromatic carbocycles. The number of aliphatic carboxylic acids is 1. The smallest absolute Gasteiger partial charge is 0.303 e. The second-order valence-electron chi connectivity index (χ2n) is 14.0. The summed E-state index contributed by atoms with van der Waals surface area (Å²) in [7, 11) is 0. The Bertz CT molecular complexity index is 1790. The van der Waals surface area contributed by atoms with E-state index in [1.54, 1.807) is 0 Å². The molecule has 4 atom stereocenters. The van der Waals surface area contributed by atoms with Gasteiger partial charge >= 0.3 is 5.97 Å². The van der Waals surface area contributed by atoms with E-state index in [0.717, 1.165) is 52.0 Å². The van der Waals surface area contributed by atoms with Crippen molar-refractivity contribution in [3.05, 3.63) is 130 Å². The number of amides is 1. The number of piperidine rings is 1. The molecule has 2 heterocycles. The van der Waals surface area contributed by atoms with Crippen LogP contribution in [0.15, 0.2) is 97.1 Å². The van der Waals surface area contributed by atoms with Crippen molar-refractivity contribution in [3.8, 4) is 11.1 Å². The molecule has 0 radical (unpaired) electrons. The quantitative estimate of drug-likeness (QED) is 0.114. The van der Waals surface area contributed by atoms with E-state index in [1.807, 2.05) is 97.1 Å². The third-order valence-corrected chi connectivity index (χ3v) is 10.6. The lowest BCUT2D eigenvalue weighted by Crippen LogP contribution is -2.49. The fourth-order valence-electron chi connectivity index (χ4n) is 7.12. The molecule has 2 aliphatic rings. The SMILES string of the molecule is CC1C(CN2CCC(O)(c3ccc(Cl)cc3)CC2)OC(c2ccc(-c3cccc(CNC(=O)CCCC(=O)O)c3)cc2)OC1c1ccc(CO)cc1. The molecule has 6 rings (SSSR count). The molecule has 0 saturated carbocycles. The van der Waals surface area contributed by atoms with Crippen molar-refractivity contribution in [1.82, 2.24) is 10.2 Å². The van der Waals surface area contributed by atoms with Gasteiger partial charge in [-0.1, -0.05) is 97.4 Å². The second kappa shape index (κ2) is 17.2. The summed E-state index contributed by atoms with van der Waals surface area (Å²) in [6, 6.07) is 31.5. The maximum Gasteiger partial charge on any atom is 0.303 e. The standard InChI is InChI=1S/C42H47ClN2O7/c1-28-37(26-45-22-20-42(50,21-23-45)35-16-18-36(43)19-17-35)51-41(52-40(28)32-10-8-29(27-46)9-11-32)33-14-12-31(13-15-33)34-5-2-4-30(24-34)25-44-38(47)6-3-7-39(48)49/h2,4-5,8-19,24,28,37,40-41,46,50H,3,6-7,20-23,25-27H2,1H3,(H,44,47)(H,48,49). The molecule has 0 aromatic heterocycles. The summed E-state index contributed by atoms with van der Waals surface area (Å²) in [5, 5.41) is 33.4. The molecule has 1 amide bonds. The van der Waals surface area contributed by atoms with Gasteiger partial charge in [-0.15, -0.1) is 0 Å². The lowest BCUT2D eigenvalue weighted by molar-refractivity contribution is -0.277. The van der Waals surface area contributed by atoms with Crippen LogP contribution >= 0.6 is 11.6 Å². The molecule has 10 heteroatoms. The van der Waals surface area contributed by atoms with Crippen molar-refractivity contribution >= 4 is 23.5 Å². The molecular formula is C42H47ClN2O7. The van der Waals surface area contributed by atoms with Gasteiger partial charge in [-0.3, -0.25) is 9.59 Å². The number of ether oxygens (including phenoxy) is 2. The highest BCUT2D eigenvalue weighted by atomic mass is 35.5. The summed E-state index contributed by atoms with van der Waals surface area (Å²) in [6.07, 6.45) is 0.722. The van der Waals surface area contributed by atoms with Gasteiger partial charge < -0.3 is 35.0 Å². The fraction of sp³-hybridized carbons (Fsp3) is 0.381. The lowest BCUT2D eigenvalue weighted by Gasteiger charge is -2.45. The number of halogens is 1. The van der Waals surface area contributed by atoms with E-state index in [4.69, 9.17) is 26.2 Å². The summed E-state index contributed by atoms with van der Waals surface area (Å²) >= 11 is 6.10. The zero-order chi connectivity index (χ0) is 36.7. The molecule has 0 aliphatic carbocycles. The van der Waals surface area contributed by atoms with Crippen LogP contribution in [0.2, 0.25) is 5.02 Å². The number of nitrogens with zero attached hydrogens (tertiary/aromatic N) is 1. The van der Waals surface area contributed by atoms with Crippen molar-refractivity contribution in [2.45, 2.75) is 76.3 Å². The normalized spacial score (nSPS) is 21.8. The van der Waals surface area contributed by atoms with Gasteiger partial charge in [0.05, 0.1) is 24.4 Å². The highest BCUT2D eigenvalue weighted by molar-refractivity contribution is 6.30. The minimum absolute atomic E-state index is 0.0223. The molecule has 2 fully saturated rings. The van der Waals surface area contributed by atoms with E-state index in [2.05, 4.69) is 17.1 Å². The lowest BCUT2D eigenvalue weighted by atomic mass is 9.84. The van der Waals surface area contributed by atoms with Crippen LogP contribution in [-0.2, 0) is 37.8 Å². The van der Waals surface area contributed by atoms with E-state index in [9.17, 15) is 19.8 Å². The van der Waals surface area contributed by atoms with Crippen LogP contribution in [0.5, 0.6) is 0 Å². The largest absolute Gasteiger partial charge is 0.481 e. The Morgan fingerprint density at radius 1 is 0.865 bits per heavy atom. The molecule has 2 saturated heterocycles. The topological polar surface area (TPSA) is 129 Å². The zero-order valence-corrected chi connectivity index (χ0v) is 30.2. The predicted octanol–water partition coefficient (Wildman–Crippen LogP) is 7.15. The van der Waals surface area contributed by atoms with Crippen molar-refractivity contribution in [1.29, 1.82) is 0 Å². The van der Waals surface area contributed by atoms with E-state index in [-0.39, 0.29) is 43.5 Å². The number of benzene rings is 4. The van der Waals surface area contributed by atoms with Crippen molar-refractivity contribution in [2.75, 3.05) is 19.6 Å². The highest BCUT2D eigenvalue weighted by Gasteiger charge is 2.41. The molecular weight excluding hydrogens is 680 g/mol. The van der Waals surface area contributed by atoms with E-state index in [0.29, 0.717) is 37.4 Å². The van der Waals surface area contributed by atoms with Crippen LogP contribution in [0.4, 0.5) is 0 Å². The molecule has 4 N–H and O–H groups in total.